The van der Waals surface area contributed by atoms with E-state index in [1.54, 1.807) is 42.2 Å². The van der Waals surface area contributed by atoms with Gasteiger partial charge in [-0.1, -0.05) is 0 Å². The molecule has 7 atom stereocenters. The fraction of sp³-hybridized carbons (Fsp3) is 0.886. The lowest BCUT2D eigenvalue weighted by atomic mass is 9.39. The summed E-state index contributed by atoms with van der Waals surface area (Å²) in [7, 11) is 13.8. The third kappa shape index (κ3) is 16.8. The molecule has 8 fully saturated rings. The number of carbonyl (C=O) groups excluding carboxylic acids is 8. The van der Waals surface area contributed by atoms with Crippen molar-refractivity contribution in [1.29, 1.82) is 0 Å². The Hall–Kier alpha value is -4.60. The van der Waals surface area contributed by atoms with E-state index >= 15 is 9.59 Å². The summed E-state index contributed by atoms with van der Waals surface area (Å²) in [5.41, 5.74) is -2.67. The van der Waals surface area contributed by atoms with E-state index in [1.165, 1.54) is 7.11 Å². The predicted molar refractivity (Wildman–Crippen MR) is 358 cm³/mol. The topological polar surface area (TPSA) is 256 Å². The fourth-order valence-corrected chi connectivity index (χ4v) is 19.9. The fourth-order valence-electron chi connectivity index (χ4n) is 19.9. The van der Waals surface area contributed by atoms with Crippen LogP contribution in [0.3, 0.4) is 0 Å². The number of amides is 8. The van der Waals surface area contributed by atoms with Gasteiger partial charge in [0.2, 0.25) is 35.4 Å². The highest BCUT2D eigenvalue weighted by Crippen LogP contribution is 2.70. The van der Waals surface area contributed by atoms with E-state index in [0.717, 1.165) is 12.8 Å². The van der Waals surface area contributed by atoms with Crippen LogP contribution >= 0.6 is 0 Å². The number of likely N-dealkylation sites (N-methyl/N-ethyl adjacent to an activating group) is 2. The molecule has 8 aliphatic rings. The van der Waals surface area contributed by atoms with Crippen LogP contribution in [0, 0.1) is 52.8 Å². The van der Waals surface area contributed by atoms with Gasteiger partial charge in [0.05, 0.1) is 44.9 Å². The third-order valence-corrected chi connectivity index (χ3v) is 24.3. The van der Waals surface area contributed by atoms with E-state index in [4.69, 9.17) is 23.7 Å². The third-order valence-electron chi connectivity index (χ3n) is 24.3. The standard InChI is InChI=1S/C70H121N11O14/c1-50(82)66(89)81-46-53(52-12-27-77(28-13-52)63(86)47-73(5)6)43-68(54-14-29-75(30-15-54)61(84)25-40-91-7,70(81,57-20-35-78(36-21-57)64(87)48-93-9)58-22-37-79(38-23-58)67(90)51(2)94-10)59-24-39-80(65(88)49-95-42-41-92-8)69(44-59,56-18-33-76(34-19-56)62(85)45-72-4)55-16-31-74(32-17-55)60(83)11-26-71-3/h50-59,71-72,82H,11-49H2,1-10H3. The molecule has 8 aliphatic heterocycles. The van der Waals surface area contributed by atoms with Crippen molar-refractivity contribution in [3.05, 3.63) is 0 Å². The van der Waals surface area contributed by atoms with E-state index in [-0.39, 0.29) is 127 Å². The van der Waals surface area contributed by atoms with E-state index in [2.05, 4.69) is 20.4 Å². The average Bonchev–Trinajstić information content (AvgIpc) is 0.673. The van der Waals surface area contributed by atoms with Crippen LogP contribution in [0.4, 0.5) is 0 Å². The second-order valence-corrected chi connectivity index (χ2v) is 29.3. The lowest BCUT2D eigenvalue weighted by Gasteiger charge is -2.74. The van der Waals surface area contributed by atoms with E-state index < -0.39 is 28.7 Å². The van der Waals surface area contributed by atoms with Gasteiger partial charge in [0.25, 0.3) is 11.8 Å². The maximum Gasteiger partial charge on any atom is 0.251 e. The van der Waals surface area contributed by atoms with Crippen LogP contribution < -0.4 is 10.6 Å². The first-order valence-corrected chi connectivity index (χ1v) is 36.2. The van der Waals surface area contributed by atoms with Gasteiger partial charge >= 0.3 is 0 Å². The highest BCUT2D eigenvalue weighted by molar-refractivity contribution is 5.83. The normalized spacial score (nSPS) is 27.7. The van der Waals surface area contributed by atoms with E-state index in [1.807, 2.05) is 55.4 Å². The van der Waals surface area contributed by atoms with Crippen LogP contribution in [-0.4, -0.2) is 321 Å². The summed E-state index contributed by atoms with van der Waals surface area (Å²) in [6.07, 6.45) is 7.92. The van der Waals surface area contributed by atoms with Crippen LogP contribution in [0.5, 0.6) is 0 Å². The molecule has 25 heteroatoms. The van der Waals surface area contributed by atoms with Crippen molar-refractivity contribution in [1.82, 2.24) is 54.7 Å². The average molecular weight is 1340 g/mol. The van der Waals surface area contributed by atoms with Gasteiger partial charge in [-0.15, -0.1) is 0 Å². The number of likely N-dealkylation sites (tertiary alicyclic amines) is 8. The number of aliphatic hydroxyl groups is 1. The summed E-state index contributed by atoms with van der Waals surface area (Å²) in [5.74, 6) is -1.38. The highest BCUT2D eigenvalue weighted by Gasteiger charge is 2.73. The molecular weight excluding hydrogens is 1220 g/mol. The number of hydrogen-bond donors (Lipinski definition) is 3. The van der Waals surface area contributed by atoms with Crippen LogP contribution in [0.1, 0.15) is 123 Å². The Morgan fingerprint density at radius 1 is 0.474 bits per heavy atom. The lowest BCUT2D eigenvalue weighted by Crippen LogP contribution is -2.80. The maximum atomic E-state index is 16.6. The minimum Gasteiger partial charge on any atom is -0.384 e. The quantitative estimate of drug-likeness (QED) is 0.0996. The smallest absolute Gasteiger partial charge is 0.251 e. The van der Waals surface area contributed by atoms with Crippen LogP contribution in [0.15, 0.2) is 0 Å². The maximum absolute atomic E-state index is 16.6. The van der Waals surface area contributed by atoms with Gasteiger partial charge in [0.15, 0.2) is 0 Å². The highest BCUT2D eigenvalue weighted by atomic mass is 16.5. The Morgan fingerprint density at radius 3 is 1.46 bits per heavy atom. The molecule has 8 heterocycles. The van der Waals surface area contributed by atoms with Crippen molar-refractivity contribution in [2.24, 2.45) is 52.8 Å². The number of nitrogens with one attached hydrogen (secondary N) is 2. The van der Waals surface area contributed by atoms with Crippen molar-refractivity contribution in [3.8, 4) is 0 Å². The van der Waals surface area contributed by atoms with Gasteiger partial charge in [0.1, 0.15) is 25.4 Å². The summed E-state index contributed by atoms with van der Waals surface area (Å²) in [5, 5.41) is 18.6. The molecule has 0 spiro atoms. The molecule has 7 unspecified atom stereocenters. The van der Waals surface area contributed by atoms with Crippen LogP contribution in [-0.2, 0) is 62.0 Å². The number of hydrogen-bond acceptors (Lipinski definition) is 17. The van der Waals surface area contributed by atoms with Gasteiger partial charge in [-0.05, 0) is 186 Å². The Kier molecular flexibility index (Phi) is 28.4. The van der Waals surface area contributed by atoms with Gasteiger partial charge in [-0.2, -0.15) is 0 Å². The molecule has 0 aromatic carbocycles. The number of aliphatic hydroxyl groups excluding tert-OH is 1. The largest absolute Gasteiger partial charge is 0.384 e. The first kappa shape index (κ1) is 76.2. The molecule has 25 nitrogen and oxygen atoms in total. The summed E-state index contributed by atoms with van der Waals surface area (Å²) < 4.78 is 28.3. The van der Waals surface area contributed by atoms with Crippen LogP contribution in [0.25, 0.3) is 0 Å². The number of carbonyl (C=O) groups is 8. The van der Waals surface area contributed by atoms with Crippen molar-refractivity contribution in [2.75, 3.05) is 201 Å². The minimum absolute atomic E-state index is 0.0218. The molecule has 0 aliphatic carbocycles. The Balaban J connectivity index is 1.42. The van der Waals surface area contributed by atoms with Crippen molar-refractivity contribution in [2.45, 2.75) is 146 Å². The lowest BCUT2D eigenvalue weighted by molar-refractivity contribution is -0.249. The zero-order chi connectivity index (χ0) is 68.6. The SMILES string of the molecule is CNCCC(=O)N1CCC(C2(C3CCN(C(=O)CNC)CC3)CC(C3(C4CCN(C(=O)CCOC)CC4)CC(C4CCN(C(=O)CN(C)C)CC4)CN(C(=O)C(C)O)C3(C3CCN(C(=O)COC)CC3)C3CCN(C(=O)C(C)OC)CC3)CCN2C(=O)COCCOC)CC1. The Labute approximate surface area is 566 Å². The first-order chi connectivity index (χ1) is 45.7. The number of ether oxygens (including phenoxy) is 5. The molecule has 0 radical (unpaired) electrons. The molecular formula is C70H121N11O14. The van der Waals surface area contributed by atoms with E-state index in [0.29, 0.717) is 208 Å². The monoisotopic (exact) mass is 1340 g/mol. The number of nitrogens with zero attached hydrogens (tertiary/aromatic N) is 9. The first-order valence-electron chi connectivity index (χ1n) is 36.2. The molecule has 8 rings (SSSR count). The van der Waals surface area contributed by atoms with Gasteiger partial charge < -0.3 is 83.5 Å². The number of methoxy groups -OCH3 is 4. The minimum atomic E-state index is -1.39. The Bertz CT molecular complexity index is 2520. The summed E-state index contributed by atoms with van der Waals surface area (Å²) in [6.45, 7) is 11.7. The summed E-state index contributed by atoms with van der Waals surface area (Å²) in [4.78, 5) is 135. The second kappa shape index (κ2) is 35.4. The summed E-state index contributed by atoms with van der Waals surface area (Å²) >= 11 is 0. The number of rotatable bonds is 27. The second-order valence-electron chi connectivity index (χ2n) is 29.3. The van der Waals surface area contributed by atoms with Crippen LogP contribution in [0.2, 0.25) is 0 Å². The van der Waals surface area contributed by atoms with Crippen molar-refractivity contribution in [3.63, 3.8) is 0 Å². The van der Waals surface area contributed by atoms with Crippen molar-refractivity contribution < 1.29 is 67.1 Å². The molecule has 540 valence electrons. The van der Waals surface area contributed by atoms with Gasteiger partial charge in [-0.3, -0.25) is 38.4 Å². The summed E-state index contributed by atoms with van der Waals surface area (Å²) in [6, 6.07) is 0. The molecule has 0 bridgehead atoms. The molecule has 3 N–H and O–H groups in total. The number of piperidine rings is 8. The molecule has 0 saturated carbocycles. The molecule has 8 amide bonds. The van der Waals surface area contributed by atoms with Gasteiger partial charge in [0, 0.05) is 144 Å². The van der Waals surface area contributed by atoms with Gasteiger partial charge in [-0.25, -0.2) is 0 Å². The molecule has 0 aromatic heterocycles. The zero-order valence-corrected chi connectivity index (χ0v) is 59.6. The molecule has 8 saturated heterocycles. The van der Waals surface area contributed by atoms with Crippen molar-refractivity contribution >= 4 is 47.3 Å². The van der Waals surface area contributed by atoms with E-state index in [9.17, 15) is 33.9 Å². The molecule has 0 aromatic rings. The Morgan fingerprint density at radius 2 is 0.958 bits per heavy atom. The zero-order valence-electron chi connectivity index (χ0n) is 59.6. The molecule has 95 heavy (non-hydrogen) atoms. The predicted octanol–water partition coefficient (Wildman–Crippen LogP) is 2.12.